The van der Waals surface area contributed by atoms with E-state index in [4.69, 9.17) is 27.2 Å². The van der Waals surface area contributed by atoms with Crippen molar-refractivity contribution in [1.82, 2.24) is 4.98 Å². The first kappa shape index (κ1) is 22.6. The minimum absolute atomic E-state index is 0. The number of aromatic nitrogens is 1. The van der Waals surface area contributed by atoms with Crippen molar-refractivity contribution >= 4 is 30.0 Å². The van der Waals surface area contributed by atoms with Crippen LogP contribution in [0.25, 0.3) is 11.1 Å². The SMILES string of the molecule is Cl.N[C@H](CC(=O)O)Cc1cccc(-c2ccc(Oc3ncc(Cl)cc3F)cc2)c1. The lowest BCUT2D eigenvalue weighted by atomic mass is 9.98. The number of hydrogen-bond acceptors (Lipinski definition) is 4. The van der Waals surface area contributed by atoms with E-state index in [1.165, 1.54) is 6.20 Å². The number of carboxylic acid groups (broad SMARTS) is 1. The molecule has 3 aromatic rings. The first-order valence-electron chi connectivity index (χ1n) is 8.56. The molecular weight excluding hydrogens is 418 g/mol. The van der Waals surface area contributed by atoms with Gasteiger partial charge in [-0.1, -0.05) is 48.0 Å². The highest BCUT2D eigenvalue weighted by atomic mass is 35.5. The maximum absolute atomic E-state index is 13.8. The first-order chi connectivity index (χ1) is 13.4. The van der Waals surface area contributed by atoms with Crippen molar-refractivity contribution < 1.29 is 19.0 Å². The molecule has 0 aliphatic rings. The summed E-state index contributed by atoms with van der Waals surface area (Å²) in [6, 6.07) is 15.6. The van der Waals surface area contributed by atoms with Crippen LogP contribution in [0, 0.1) is 5.82 Å². The molecule has 1 heterocycles. The second-order valence-corrected chi connectivity index (χ2v) is 6.77. The van der Waals surface area contributed by atoms with E-state index in [0.29, 0.717) is 12.2 Å². The number of rotatable bonds is 7. The summed E-state index contributed by atoms with van der Waals surface area (Å²) in [6.45, 7) is 0. The van der Waals surface area contributed by atoms with Gasteiger partial charge in [0.2, 0.25) is 0 Å². The Balaban J connectivity index is 0.00000300. The molecule has 0 bridgehead atoms. The molecule has 1 aromatic heterocycles. The fourth-order valence-electron chi connectivity index (χ4n) is 2.78. The number of nitrogens with zero attached hydrogens (tertiary/aromatic N) is 1. The highest BCUT2D eigenvalue weighted by Crippen LogP contribution is 2.27. The molecule has 152 valence electrons. The largest absolute Gasteiger partial charge is 0.481 e. The highest BCUT2D eigenvalue weighted by Gasteiger charge is 2.10. The summed E-state index contributed by atoms with van der Waals surface area (Å²) in [7, 11) is 0. The molecule has 29 heavy (non-hydrogen) atoms. The molecule has 2 aromatic carbocycles. The van der Waals surface area contributed by atoms with E-state index in [0.717, 1.165) is 22.8 Å². The molecule has 0 aliphatic carbocycles. The van der Waals surface area contributed by atoms with Crippen molar-refractivity contribution in [2.75, 3.05) is 0 Å². The Hall–Kier alpha value is -2.67. The second kappa shape index (κ2) is 10.2. The molecule has 0 saturated carbocycles. The van der Waals surface area contributed by atoms with E-state index in [9.17, 15) is 9.18 Å². The number of aliphatic carboxylic acids is 1. The van der Waals surface area contributed by atoms with Crippen LogP contribution in [0.2, 0.25) is 5.02 Å². The number of pyridine rings is 1. The molecule has 3 rings (SSSR count). The van der Waals surface area contributed by atoms with Gasteiger partial charge in [-0.15, -0.1) is 12.4 Å². The summed E-state index contributed by atoms with van der Waals surface area (Å²) in [4.78, 5) is 14.6. The van der Waals surface area contributed by atoms with Crippen LogP contribution in [0.3, 0.4) is 0 Å². The minimum atomic E-state index is -0.911. The third kappa shape index (κ3) is 6.42. The maximum atomic E-state index is 13.8. The van der Waals surface area contributed by atoms with Gasteiger partial charge < -0.3 is 15.6 Å². The zero-order chi connectivity index (χ0) is 20.1. The first-order valence-corrected chi connectivity index (χ1v) is 8.94. The number of hydrogen-bond donors (Lipinski definition) is 2. The van der Waals surface area contributed by atoms with Crippen LogP contribution in [-0.4, -0.2) is 22.1 Å². The number of ether oxygens (including phenoxy) is 1. The number of carbonyl (C=O) groups is 1. The Kier molecular flexibility index (Phi) is 7.96. The molecule has 0 aliphatic heterocycles. The Labute approximate surface area is 178 Å². The van der Waals surface area contributed by atoms with Gasteiger partial charge in [0.25, 0.3) is 5.88 Å². The number of carboxylic acids is 1. The molecule has 0 spiro atoms. The van der Waals surface area contributed by atoms with Crippen LogP contribution < -0.4 is 10.5 Å². The van der Waals surface area contributed by atoms with Gasteiger partial charge in [-0.05, 0) is 41.3 Å². The zero-order valence-corrected chi connectivity index (χ0v) is 16.8. The summed E-state index contributed by atoms with van der Waals surface area (Å²) in [6.07, 6.45) is 1.71. The van der Waals surface area contributed by atoms with Crippen LogP contribution in [0.5, 0.6) is 11.6 Å². The van der Waals surface area contributed by atoms with Crippen LogP contribution in [0.1, 0.15) is 12.0 Å². The zero-order valence-electron chi connectivity index (χ0n) is 15.2. The molecule has 0 amide bonds. The van der Waals surface area contributed by atoms with E-state index in [2.05, 4.69) is 4.98 Å². The predicted molar refractivity (Wildman–Crippen MR) is 112 cm³/mol. The van der Waals surface area contributed by atoms with E-state index in [1.54, 1.807) is 12.1 Å². The Bertz CT molecular complexity index is 984. The lowest BCUT2D eigenvalue weighted by Gasteiger charge is -2.11. The highest BCUT2D eigenvalue weighted by molar-refractivity contribution is 6.30. The van der Waals surface area contributed by atoms with Gasteiger partial charge in [0.15, 0.2) is 5.82 Å². The maximum Gasteiger partial charge on any atom is 0.304 e. The molecular formula is C21H19Cl2FN2O3. The van der Waals surface area contributed by atoms with Crippen LogP contribution in [-0.2, 0) is 11.2 Å². The van der Waals surface area contributed by atoms with Crippen molar-refractivity contribution in [2.45, 2.75) is 18.9 Å². The molecule has 0 saturated heterocycles. The summed E-state index contributed by atoms with van der Waals surface area (Å²) in [5.41, 5.74) is 8.72. The topological polar surface area (TPSA) is 85.4 Å². The molecule has 8 heteroatoms. The predicted octanol–water partition coefficient (Wildman–Crippen LogP) is 5.10. The fraction of sp³-hybridized carbons (Fsp3) is 0.143. The van der Waals surface area contributed by atoms with Gasteiger partial charge in [0, 0.05) is 12.2 Å². The molecule has 1 atom stereocenters. The van der Waals surface area contributed by atoms with Crippen LogP contribution in [0.15, 0.2) is 60.8 Å². The van der Waals surface area contributed by atoms with Gasteiger partial charge in [-0.3, -0.25) is 4.79 Å². The lowest BCUT2D eigenvalue weighted by molar-refractivity contribution is -0.137. The Morgan fingerprint density at radius 2 is 1.90 bits per heavy atom. The van der Waals surface area contributed by atoms with Crippen molar-refractivity contribution in [2.24, 2.45) is 5.73 Å². The molecule has 5 nitrogen and oxygen atoms in total. The Morgan fingerprint density at radius 3 is 2.55 bits per heavy atom. The van der Waals surface area contributed by atoms with Crippen molar-refractivity contribution in [3.63, 3.8) is 0 Å². The van der Waals surface area contributed by atoms with Crippen molar-refractivity contribution in [3.05, 3.63) is 77.2 Å². The standard InChI is InChI=1S/C21H18ClFN2O3.ClH/c22-16-10-19(23)21(25-12-16)28-18-6-4-14(5-7-18)15-3-1-2-13(8-15)9-17(24)11-20(26)27;/h1-8,10,12,17H,9,11,24H2,(H,26,27);1H/t17-;/m0./s1. The summed E-state index contributed by atoms with van der Waals surface area (Å²) in [5.74, 6) is -1.25. The number of benzene rings is 2. The molecule has 0 fully saturated rings. The van der Waals surface area contributed by atoms with Crippen molar-refractivity contribution in [3.8, 4) is 22.8 Å². The van der Waals surface area contributed by atoms with Crippen LogP contribution >= 0.6 is 24.0 Å². The quantitative estimate of drug-likeness (QED) is 0.537. The molecule has 0 unspecified atom stereocenters. The average Bonchev–Trinajstić information content (AvgIpc) is 2.64. The van der Waals surface area contributed by atoms with Crippen molar-refractivity contribution in [1.29, 1.82) is 0 Å². The van der Waals surface area contributed by atoms with Gasteiger partial charge in [-0.2, -0.15) is 0 Å². The monoisotopic (exact) mass is 436 g/mol. The van der Waals surface area contributed by atoms with Gasteiger partial charge in [0.05, 0.1) is 11.4 Å². The van der Waals surface area contributed by atoms with Gasteiger partial charge in [0.1, 0.15) is 5.75 Å². The smallest absolute Gasteiger partial charge is 0.304 e. The summed E-state index contributed by atoms with van der Waals surface area (Å²) < 4.78 is 19.2. The number of halogens is 3. The fourth-order valence-corrected chi connectivity index (χ4v) is 2.93. The van der Waals surface area contributed by atoms with E-state index in [-0.39, 0.29) is 29.7 Å². The van der Waals surface area contributed by atoms with E-state index >= 15 is 0 Å². The van der Waals surface area contributed by atoms with E-state index in [1.807, 2.05) is 36.4 Å². The lowest BCUT2D eigenvalue weighted by Crippen LogP contribution is -2.26. The average molecular weight is 437 g/mol. The van der Waals surface area contributed by atoms with Gasteiger partial charge >= 0.3 is 5.97 Å². The second-order valence-electron chi connectivity index (χ2n) is 6.33. The summed E-state index contributed by atoms with van der Waals surface area (Å²) in [5, 5.41) is 9.03. The minimum Gasteiger partial charge on any atom is -0.481 e. The third-order valence-corrected chi connectivity index (χ3v) is 4.24. The Morgan fingerprint density at radius 1 is 1.17 bits per heavy atom. The molecule has 3 N–H and O–H groups in total. The molecule has 0 radical (unpaired) electrons. The third-order valence-electron chi connectivity index (χ3n) is 4.04. The normalized spacial score (nSPS) is 11.4. The summed E-state index contributed by atoms with van der Waals surface area (Å²) >= 11 is 5.68. The van der Waals surface area contributed by atoms with E-state index < -0.39 is 17.8 Å². The number of nitrogens with two attached hydrogens (primary N) is 1. The van der Waals surface area contributed by atoms with Crippen LogP contribution in [0.4, 0.5) is 4.39 Å². The van der Waals surface area contributed by atoms with Gasteiger partial charge in [-0.25, -0.2) is 9.37 Å².